The van der Waals surface area contributed by atoms with Crippen molar-refractivity contribution in [1.29, 1.82) is 0 Å². The molecule has 0 amide bonds. The fourth-order valence-corrected chi connectivity index (χ4v) is 1.46. The second kappa shape index (κ2) is 3.08. The first-order valence-corrected chi connectivity index (χ1v) is 3.84. The highest BCUT2D eigenvalue weighted by atomic mass is 32.2. The summed E-state index contributed by atoms with van der Waals surface area (Å²) in [5, 5.41) is 8.44. The van der Waals surface area contributed by atoms with E-state index < -0.39 is 5.97 Å². The third-order valence-electron chi connectivity index (χ3n) is 1.15. The minimum absolute atomic E-state index is 0.288. The highest BCUT2D eigenvalue weighted by Crippen LogP contribution is 2.15. The van der Waals surface area contributed by atoms with Crippen molar-refractivity contribution in [2.75, 3.05) is 18.3 Å². The summed E-state index contributed by atoms with van der Waals surface area (Å²) in [6.07, 6.45) is 0. The van der Waals surface area contributed by atoms with E-state index in [9.17, 15) is 4.79 Å². The predicted molar refractivity (Wildman–Crippen MR) is 34.4 cm³/mol. The van der Waals surface area contributed by atoms with E-state index in [-0.39, 0.29) is 5.92 Å². The van der Waals surface area contributed by atoms with Crippen LogP contribution in [0.3, 0.4) is 0 Å². The van der Waals surface area contributed by atoms with Crippen LogP contribution < -0.4 is 0 Å². The Balaban J connectivity index is 2.31. The van der Waals surface area contributed by atoms with Crippen LogP contribution >= 0.6 is 11.8 Å². The molecule has 1 rings (SSSR count). The number of carboxylic acid groups (broad SMARTS) is 1. The van der Waals surface area contributed by atoms with Crippen molar-refractivity contribution < 1.29 is 14.6 Å². The van der Waals surface area contributed by atoms with Crippen LogP contribution in [0.4, 0.5) is 0 Å². The SMILES string of the molecule is O=C(O)C1COCSC1. The van der Waals surface area contributed by atoms with Crippen molar-refractivity contribution in [3.8, 4) is 0 Å². The summed E-state index contributed by atoms with van der Waals surface area (Å²) in [5.41, 5.74) is 0. The number of carboxylic acids is 1. The number of carbonyl (C=O) groups is 1. The highest BCUT2D eigenvalue weighted by molar-refractivity contribution is 7.99. The van der Waals surface area contributed by atoms with E-state index in [0.29, 0.717) is 18.3 Å². The number of ether oxygens (including phenoxy) is 1. The second-order valence-corrected chi connectivity index (χ2v) is 2.87. The third-order valence-corrected chi connectivity index (χ3v) is 2.13. The predicted octanol–water partition coefficient (Wildman–Crippen LogP) is 0.408. The quantitative estimate of drug-likeness (QED) is 0.585. The van der Waals surface area contributed by atoms with Gasteiger partial charge in [0.2, 0.25) is 0 Å². The van der Waals surface area contributed by atoms with Crippen LogP contribution in [0.25, 0.3) is 0 Å². The van der Waals surface area contributed by atoms with Crippen LogP contribution in [0.15, 0.2) is 0 Å². The molecule has 1 aliphatic heterocycles. The normalized spacial score (nSPS) is 27.8. The Morgan fingerprint density at radius 3 is 2.89 bits per heavy atom. The fraction of sp³-hybridized carbons (Fsp3) is 0.800. The van der Waals surface area contributed by atoms with Gasteiger partial charge < -0.3 is 9.84 Å². The van der Waals surface area contributed by atoms with Crippen molar-refractivity contribution >= 4 is 17.7 Å². The van der Waals surface area contributed by atoms with Crippen LogP contribution in [0.5, 0.6) is 0 Å². The van der Waals surface area contributed by atoms with Crippen LogP contribution in [0.2, 0.25) is 0 Å². The molecule has 1 heterocycles. The van der Waals surface area contributed by atoms with Gasteiger partial charge in [-0.3, -0.25) is 4.79 Å². The molecular weight excluding hydrogens is 140 g/mol. The third kappa shape index (κ3) is 1.87. The number of hydrogen-bond donors (Lipinski definition) is 1. The van der Waals surface area contributed by atoms with E-state index in [0.717, 1.165) is 0 Å². The first kappa shape index (κ1) is 6.89. The Hall–Kier alpha value is -0.220. The Morgan fingerprint density at radius 1 is 1.78 bits per heavy atom. The lowest BCUT2D eigenvalue weighted by Crippen LogP contribution is -2.25. The zero-order valence-electron chi connectivity index (χ0n) is 4.87. The molecule has 1 unspecified atom stereocenters. The van der Waals surface area contributed by atoms with Gasteiger partial charge in [0, 0.05) is 5.75 Å². The van der Waals surface area contributed by atoms with Gasteiger partial charge in [0.1, 0.15) is 0 Å². The molecule has 0 aromatic rings. The van der Waals surface area contributed by atoms with Gasteiger partial charge in [0.05, 0.1) is 18.5 Å². The summed E-state index contributed by atoms with van der Waals surface area (Å²) in [7, 11) is 0. The number of rotatable bonds is 1. The molecule has 1 N–H and O–H groups in total. The number of hydrogen-bond acceptors (Lipinski definition) is 3. The zero-order chi connectivity index (χ0) is 6.69. The van der Waals surface area contributed by atoms with E-state index in [1.807, 2.05) is 0 Å². The van der Waals surface area contributed by atoms with Gasteiger partial charge in [0.25, 0.3) is 0 Å². The maximum absolute atomic E-state index is 10.3. The van der Waals surface area contributed by atoms with E-state index in [1.54, 1.807) is 0 Å². The largest absolute Gasteiger partial charge is 0.481 e. The smallest absolute Gasteiger partial charge is 0.309 e. The Kier molecular flexibility index (Phi) is 2.36. The van der Waals surface area contributed by atoms with Gasteiger partial charge in [-0.25, -0.2) is 0 Å². The second-order valence-electron chi connectivity index (χ2n) is 1.89. The van der Waals surface area contributed by atoms with Crippen LogP contribution in [-0.4, -0.2) is 29.4 Å². The maximum Gasteiger partial charge on any atom is 0.309 e. The Bertz CT molecular complexity index is 109. The average Bonchev–Trinajstić information content (AvgIpc) is 1.90. The van der Waals surface area contributed by atoms with Gasteiger partial charge in [0.15, 0.2) is 0 Å². The van der Waals surface area contributed by atoms with E-state index in [2.05, 4.69) is 0 Å². The summed E-state index contributed by atoms with van der Waals surface area (Å²) < 4.78 is 4.93. The van der Waals surface area contributed by atoms with E-state index in [1.165, 1.54) is 11.8 Å². The molecule has 0 bridgehead atoms. The van der Waals surface area contributed by atoms with Gasteiger partial charge >= 0.3 is 5.97 Å². The van der Waals surface area contributed by atoms with Gasteiger partial charge in [-0.05, 0) is 0 Å². The first-order chi connectivity index (χ1) is 4.30. The summed E-state index contributed by atoms with van der Waals surface area (Å²) >= 11 is 1.53. The molecule has 4 heteroatoms. The Labute approximate surface area is 57.4 Å². The van der Waals surface area contributed by atoms with Crippen molar-refractivity contribution in [3.63, 3.8) is 0 Å². The molecule has 0 saturated carbocycles. The number of thioether (sulfide) groups is 1. The molecular formula is C5H8O3S. The molecule has 1 fully saturated rings. The summed E-state index contributed by atoms with van der Waals surface area (Å²) in [6.45, 7) is 0.377. The summed E-state index contributed by atoms with van der Waals surface area (Å²) in [6, 6.07) is 0. The minimum Gasteiger partial charge on any atom is -0.481 e. The van der Waals surface area contributed by atoms with Gasteiger partial charge in [-0.2, -0.15) is 0 Å². The molecule has 0 aromatic carbocycles. The summed E-state index contributed by atoms with van der Waals surface area (Å²) in [4.78, 5) is 10.3. The van der Waals surface area contributed by atoms with E-state index in [4.69, 9.17) is 9.84 Å². The van der Waals surface area contributed by atoms with Crippen molar-refractivity contribution in [2.45, 2.75) is 0 Å². The standard InChI is InChI=1S/C5H8O3S/c6-5(7)4-1-8-3-9-2-4/h4H,1-3H2,(H,6,7). The fourth-order valence-electron chi connectivity index (χ4n) is 0.630. The van der Waals surface area contributed by atoms with E-state index >= 15 is 0 Å². The lowest BCUT2D eigenvalue weighted by Gasteiger charge is -2.16. The molecule has 1 saturated heterocycles. The maximum atomic E-state index is 10.3. The molecule has 0 aliphatic carbocycles. The van der Waals surface area contributed by atoms with Crippen LogP contribution in [0.1, 0.15) is 0 Å². The zero-order valence-corrected chi connectivity index (χ0v) is 5.69. The van der Waals surface area contributed by atoms with Gasteiger partial charge in [-0.1, -0.05) is 0 Å². The molecule has 0 spiro atoms. The van der Waals surface area contributed by atoms with Crippen molar-refractivity contribution in [2.24, 2.45) is 5.92 Å². The first-order valence-electron chi connectivity index (χ1n) is 2.69. The lowest BCUT2D eigenvalue weighted by molar-refractivity contribution is -0.142. The number of aliphatic carboxylic acids is 1. The topological polar surface area (TPSA) is 46.5 Å². The van der Waals surface area contributed by atoms with Crippen LogP contribution in [0, 0.1) is 5.92 Å². The highest BCUT2D eigenvalue weighted by Gasteiger charge is 2.20. The molecule has 9 heavy (non-hydrogen) atoms. The molecule has 1 aliphatic rings. The Morgan fingerprint density at radius 2 is 2.56 bits per heavy atom. The monoisotopic (exact) mass is 148 g/mol. The molecule has 52 valence electrons. The van der Waals surface area contributed by atoms with Crippen LogP contribution in [-0.2, 0) is 9.53 Å². The molecule has 1 atom stereocenters. The minimum atomic E-state index is -0.748. The average molecular weight is 148 g/mol. The molecule has 3 nitrogen and oxygen atoms in total. The molecule has 0 radical (unpaired) electrons. The lowest BCUT2D eigenvalue weighted by atomic mass is 10.2. The van der Waals surface area contributed by atoms with Gasteiger partial charge in [-0.15, -0.1) is 11.8 Å². The van der Waals surface area contributed by atoms with Crippen molar-refractivity contribution in [1.82, 2.24) is 0 Å². The van der Waals surface area contributed by atoms with Crippen molar-refractivity contribution in [3.05, 3.63) is 0 Å². The summed E-state index contributed by atoms with van der Waals surface area (Å²) in [5.74, 6) is 0.296. The molecule has 0 aromatic heterocycles.